The molecule has 0 saturated carbocycles. The van der Waals surface area contributed by atoms with Crippen LogP contribution in [0.1, 0.15) is 27.5 Å². The Morgan fingerprint density at radius 2 is 1.69 bits per heavy atom. The van der Waals surface area contributed by atoms with E-state index < -0.39 is 17.3 Å². The number of fused-ring (bicyclic) bond motifs is 1. The number of rotatable bonds is 5. The largest absolute Gasteiger partial charge is 0.465 e. The highest BCUT2D eigenvalue weighted by molar-refractivity contribution is 8.00. The Labute approximate surface area is 206 Å². The molecule has 0 aliphatic carbocycles. The summed E-state index contributed by atoms with van der Waals surface area (Å²) in [5.41, 5.74) is 7.46. The van der Waals surface area contributed by atoms with E-state index in [1.54, 1.807) is 12.1 Å². The van der Waals surface area contributed by atoms with Gasteiger partial charge in [-0.2, -0.15) is 0 Å². The quantitative estimate of drug-likeness (QED) is 0.403. The molecule has 0 spiro atoms. The van der Waals surface area contributed by atoms with Gasteiger partial charge in [-0.15, -0.1) is 10.2 Å². The van der Waals surface area contributed by atoms with Crippen LogP contribution in [0.5, 0.6) is 0 Å². The zero-order chi connectivity index (χ0) is 24.4. The molecule has 3 aromatic carbocycles. The second-order valence-corrected chi connectivity index (χ2v) is 9.23. The van der Waals surface area contributed by atoms with Crippen LogP contribution in [0.3, 0.4) is 0 Å². The first-order valence-electron chi connectivity index (χ1n) is 11.0. The third-order valence-electron chi connectivity index (χ3n) is 5.74. The number of methoxy groups -OCH3 is 1. The molecule has 0 saturated heterocycles. The predicted octanol–water partition coefficient (Wildman–Crippen LogP) is 4.44. The minimum atomic E-state index is -0.541. The maximum Gasteiger partial charge on any atom is 0.337 e. The molecule has 0 radical (unpaired) electrons. The summed E-state index contributed by atoms with van der Waals surface area (Å²) in [4.78, 5) is 25.3. The number of amides is 1. The molecule has 0 unspecified atom stereocenters. The van der Waals surface area contributed by atoms with Crippen molar-refractivity contribution in [1.29, 1.82) is 0 Å². The van der Waals surface area contributed by atoms with E-state index in [0.29, 0.717) is 16.5 Å². The first-order chi connectivity index (χ1) is 17.0. The van der Waals surface area contributed by atoms with Crippen molar-refractivity contribution >= 4 is 29.3 Å². The second-order valence-electron chi connectivity index (χ2n) is 8.12. The van der Waals surface area contributed by atoms with Gasteiger partial charge in [-0.05, 0) is 36.8 Å². The third-order valence-corrected chi connectivity index (χ3v) is 6.95. The van der Waals surface area contributed by atoms with Gasteiger partial charge in [0.15, 0.2) is 5.82 Å². The van der Waals surface area contributed by atoms with Crippen molar-refractivity contribution in [2.45, 2.75) is 23.4 Å². The van der Waals surface area contributed by atoms with Gasteiger partial charge in [0.2, 0.25) is 11.1 Å². The van der Waals surface area contributed by atoms with E-state index in [-0.39, 0.29) is 5.91 Å². The number of aromatic nitrogens is 3. The Morgan fingerprint density at radius 3 is 2.37 bits per heavy atom. The number of nitrogens with zero attached hydrogens (tertiary/aromatic N) is 3. The summed E-state index contributed by atoms with van der Waals surface area (Å²) < 4.78 is 6.63. The molecule has 8 nitrogen and oxygen atoms in total. The fourth-order valence-electron chi connectivity index (χ4n) is 3.87. The Hall–Kier alpha value is -4.11. The molecule has 2 N–H and O–H groups in total. The molecule has 35 heavy (non-hydrogen) atoms. The smallest absolute Gasteiger partial charge is 0.337 e. The van der Waals surface area contributed by atoms with Gasteiger partial charge in [0.25, 0.3) is 0 Å². The second kappa shape index (κ2) is 9.63. The van der Waals surface area contributed by atoms with Crippen LogP contribution in [0.25, 0.3) is 11.4 Å². The number of thioether (sulfide) groups is 1. The van der Waals surface area contributed by atoms with E-state index in [0.717, 1.165) is 22.4 Å². The average Bonchev–Trinajstić information content (AvgIpc) is 3.32. The lowest BCUT2D eigenvalue weighted by molar-refractivity contribution is -0.116. The van der Waals surface area contributed by atoms with Gasteiger partial charge in [-0.1, -0.05) is 71.9 Å². The molecule has 1 aliphatic rings. The van der Waals surface area contributed by atoms with Crippen molar-refractivity contribution in [1.82, 2.24) is 14.9 Å². The van der Waals surface area contributed by atoms with E-state index in [9.17, 15) is 9.59 Å². The predicted molar refractivity (Wildman–Crippen MR) is 135 cm³/mol. The van der Waals surface area contributed by atoms with Gasteiger partial charge in [0, 0.05) is 11.3 Å². The van der Waals surface area contributed by atoms with E-state index in [4.69, 9.17) is 4.74 Å². The van der Waals surface area contributed by atoms with Crippen LogP contribution in [0.15, 0.2) is 84.0 Å². The summed E-state index contributed by atoms with van der Waals surface area (Å²) in [6.07, 6.45) is 0. The van der Waals surface area contributed by atoms with Crippen LogP contribution in [-0.2, 0) is 9.53 Å². The first-order valence-corrected chi connectivity index (χ1v) is 11.9. The maximum absolute atomic E-state index is 13.4. The van der Waals surface area contributed by atoms with E-state index in [1.807, 2.05) is 78.3 Å². The van der Waals surface area contributed by atoms with Crippen molar-refractivity contribution in [3.63, 3.8) is 0 Å². The summed E-state index contributed by atoms with van der Waals surface area (Å²) in [7, 11) is 1.35. The maximum atomic E-state index is 13.4. The lowest BCUT2D eigenvalue weighted by Gasteiger charge is -2.33. The molecular weight excluding hydrogens is 462 g/mol. The fraction of sp³-hybridized carbons (Fsp3) is 0.154. The molecule has 4 aromatic rings. The zero-order valence-electron chi connectivity index (χ0n) is 19.1. The number of aryl methyl sites for hydroxylation is 1. The average molecular weight is 486 g/mol. The van der Waals surface area contributed by atoms with Gasteiger partial charge in [-0.3, -0.25) is 4.79 Å². The number of anilines is 1. The van der Waals surface area contributed by atoms with Crippen molar-refractivity contribution in [2.24, 2.45) is 0 Å². The Bertz CT molecular complexity index is 1350. The van der Waals surface area contributed by atoms with Crippen molar-refractivity contribution in [3.05, 3.63) is 95.6 Å². The van der Waals surface area contributed by atoms with E-state index >= 15 is 0 Å². The molecule has 176 valence electrons. The number of benzene rings is 3. The summed E-state index contributed by atoms with van der Waals surface area (Å²) in [6, 6.07) is 24.0. The van der Waals surface area contributed by atoms with Crippen molar-refractivity contribution in [3.8, 4) is 11.4 Å². The van der Waals surface area contributed by atoms with Gasteiger partial charge in [0.05, 0.1) is 18.7 Å². The Balaban J connectivity index is 1.50. The Morgan fingerprint density at radius 1 is 0.971 bits per heavy atom. The molecule has 2 heterocycles. The fourth-order valence-corrected chi connectivity index (χ4v) is 4.95. The number of carbonyl (C=O) groups excluding carboxylic acids is 2. The highest BCUT2D eigenvalue weighted by Crippen LogP contribution is 2.39. The van der Waals surface area contributed by atoms with Gasteiger partial charge >= 0.3 is 5.97 Å². The SMILES string of the molecule is COC(=O)c1ccc([C@@H]2Nn3c(nnc3-c3ccccc3)S[C@H]2C(=O)Nc2ccc(C)cc2)cc1. The highest BCUT2D eigenvalue weighted by atomic mass is 32.2. The molecule has 0 bridgehead atoms. The number of ether oxygens (including phenoxy) is 1. The highest BCUT2D eigenvalue weighted by Gasteiger charge is 2.38. The number of esters is 1. The van der Waals surface area contributed by atoms with Crippen molar-refractivity contribution in [2.75, 3.05) is 17.9 Å². The minimum Gasteiger partial charge on any atom is -0.465 e. The summed E-state index contributed by atoms with van der Waals surface area (Å²) in [5, 5.41) is 11.8. The van der Waals surface area contributed by atoms with Gasteiger partial charge in [0.1, 0.15) is 5.25 Å². The van der Waals surface area contributed by atoms with Crippen LogP contribution >= 0.6 is 11.8 Å². The van der Waals surface area contributed by atoms with Crippen LogP contribution in [0.2, 0.25) is 0 Å². The monoisotopic (exact) mass is 485 g/mol. The van der Waals surface area contributed by atoms with E-state index in [2.05, 4.69) is 20.9 Å². The van der Waals surface area contributed by atoms with Crippen LogP contribution in [0, 0.1) is 6.92 Å². The standard InChI is InChI=1S/C26H23N5O3S/c1-16-8-14-20(15-9-16)27-24(32)22-21(17-10-12-19(13-11-17)25(33)34-2)30-31-23(28-29-26(31)35-22)18-6-4-3-5-7-18/h3-15,21-22,30H,1-2H3,(H,27,32)/t21-,22+/m0/s1. The third kappa shape index (κ3) is 4.63. The normalized spacial score (nSPS) is 16.6. The van der Waals surface area contributed by atoms with Crippen LogP contribution < -0.4 is 10.7 Å². The number of carbonyl (C=O) groups is 2. The molecule has 2 atom stereocenters. The minimum absolute atomic E-state index is 0.163. The van der Waals surface area contributed by atoms with Crippen molar-refractivity contribution < 1.29 is 14.3 Å². The molecule has 0 fully saturated rings. The molecule has 9 heteroatoms. The summed E-state index contributed by atoms with van der Waals surface area (Å²) >= 11 is 1.34. The lowest BCUT2D eigenvalue weighted by Crippen LogP contribution is -2.41. The van der Waals surface area contributed by atoms with E-state index in [1.165, 1.54) is 18.9 Å². The molecule has 1 aliphatic heterocycles. The Kier molecular flexibility index (Phi) is 6.24. The van der Waals surface area contributed by atoms with Crippen LogP contribution in [-0.4, -0.2) is 39.1 Å². The first kappa shape index (κ1) is 22.7. The molecular formula is C26H23N5O3S. The summed E-state index contributed by atoms with van der Waals surface area (Å²) in [5.74, 6) is 0.0780. The number of hydrogen-bond donors (Lipinski definition) is 2. The lowest BCUT2D eigenvalue weighted by atomic mass is 10.0. The molecule has 5 rings (SSSR count). The summed E-state index contributed by atoms with van der Waals surface area (Å²) in [6.45, 7) is 2.00. The topological polar surface area (TPSA) is 98.1 Å². The van der Waals surface area contributed by atoms with Crippen LogP contribution in [0.4, 0.5) is 5.69 Å². The van der Waals surface area contributed by atoms with Gasteiger partial charge in [-0.25, -0.2) is 9.47 Å². The number of nitrogens with one attached hydrogen (secondary N) is 2. The molecule has 1 aromatic heterocycles. The number of hydrogen-bond acceptors (Lipinski definition) is 7. The molecule has 1 amide bonds. The van der Waals surface area contributed by atoms with Gasteiger partial charge < -0.3 is 15.5 Å². The zero-order valence-corrected chi connectivity index (χ0v) is 20.0.